The van der Waals surface area contributed by atoms with Gasteiger partial charge in [0.1, 0.15) is 15.9 Å². The van der Waals surface area contributed by atoms with Crippen LogP contribution in [-0.4, -0.2) is 45.5 Å². The summed E-state index contributed by atoms with van der Waals surface area (Å²) in [5.41, 5.74) is 6.80. The first-order valence-corrected chi connectivity index (χ1v) is 9.62. The summed E-state index contributed by atoms with van der Waals surface area (Å²) in [4.78, 5) is 24.5. The van der Waals surface area contributed by atoms with Crippen LogP contribution in [0.2, 0.25) is 0 Å². The van der Waals surface area contributed by atoms with Crippen molar-refractivity contribution in [2.24, 2.45) is 0 Å². The normalized spacial score (nSPS) is 12.6. The van der Waals surface area contributed by atoms with Crippen molar-refractivity contribution in [2.45, 2.75) is 12.5 Å². The topological polar surface area (TPSA) is 116 Å². The number of nitrogen functional groups attached to an aromatic ring is 1. The Morgan fingerprint density at radius 2 is 1.80 bits per heavy atom. The molecule has 0 aromatic heterocycles. The minimum absolute atomic E-state index is 0.0653. The van der Waals surface area contributed by atoms with Crippen molar-refractivity contribution in [1.29, 1.82) is 0 Å². The predicted octanol–water partition coefficient (Wildman–Crippen LogP) is 1.13. The lowest BCUT2D eigenvalue weighted by molar-refractivity contribution is -0.142. The molecule has 1 atom stereocenters. The Balaban J connectivity index is 2.29. The molecule has 0 bridgehead atoms. The Bertz CT molecular complexity index is 908. The van der Waals surface area contributed by atoms with E-state index in [9.17, 15) is 18.0 Å². The van der Waals surface area contributed by atoms with Crippen LogP contribution >= 0.6 is 0 Å². The molecule has 0 aliphatic heterocycles. The molecule has 2 rings (SSSR count). The third-order valence-electron chi connectivity index (χ3n) is 3.77. The largest absolute Gasteiger partial charge is 0.467 e. The van der Waals surface area contributed by atoms with Crippen LogP contribution < -0.4 is 11.1 Å². The maximum Gasteiger partial charge on any atom is 0.328 e. The molecular formula is C17H20N2O5S. The van der Waals surface area contributed by atoms with Gasteiger partial charge in [-0.3, -0.25) is 4.79 Å². The molecule has 8 heteroatoms. The minimum Gasteiger partial charge on any atom is -0.467 e. The first kappa shape index (κ1) is 18.7. The number of carbonyl (C=O) groups is 2. The number of nitrogens with one attached hydrogen (secondary N) is 1. The van der Waals surface area contributed by atoms with E-state index < -0.39 is 27.8 Å². The molecule has 2 aromatic carbocycles. The molecule has 0 aliphatic carbocycles. The van der Waals surface area contributed by atoms with Crippen LogP contribution in [0.4, 0.5) is 5.69 Å². The van der Waals surface area contributed by atoms with Gasteiger partial charge in [-0.1, -0.05) is 24.3 Å². The number of carbonyl (C=O) groups excluding carboxylic acids is 2. The number of hydrogen-bond acceptors (Lipinski definition) is 6. The third-order valence-corrected chi connectivity index (χ3v) is 4.75. The second kappa shape index (κ2) is 7.52. The summed E-state index contributed by atoms with van der Waals surface area (Å²) in [6.45, 7) is 0. The van der Waals surface area contributed by atoms with Gasteiger partial charge in [0.25, 0.3) is 5.91 Å². The average Bonchev–Trinajstić information content (AvgIpc) is 2.57. The Morgan fingerprint density at radius 1 is 1.16 bits per heavy atom. The van der Waals surface area contributed by atoms with Crippen LogP contribution in [0.15, 0.2) is 36.4 Å². The number of sulfone groups is 1. The van der Waals surface area contributed by atoms with Crippen LogP contribution in [-0.2, 0) is 19.4 Å². The fourth-order valence-corrected chi connectivity index (χ4v) is 3.14. The van der Waals surface area contributed by atoms with Crippen molar-refractivity contribution in [1.82, 2.24) is 5.32 Å². The SMILES string of the molecule is COC(=O)[C@@H](CCS(C)(=O)=O)NC(=O)c1ccc(N)c2ccccc12. The quantitative estimate of drug-likeness (QED) is 0.586. The summed E-state index contributed by atoms with van der Waals surface area (Å²) in [5.74, 6) is -1.44. The van der Waals surface area contributed by atoms with Crippen molar-refractivity contribution in [3.63, 3.8) is 0 Å². The predicted molar refractivity (Wildman–Crippen MR) is 96.0 cm³/mol. The molecule has 0 unspecified atom stereocenters. The number of nitrogens with two attached hydrogens (primary N) is 1. The molecule has 2 aromatic rings. The van der Waals surface area contributed by atoms with Gasteiger partial charge >= 0.3 is 5.97 Å². The zero-order valence-corrected chi connectivity index (χ0v) is 14.8. The van der Waals surface area contributed by atoms with Gasteiger partial charge in [-0.2, -0.15) is 0 Å². The smallest absolute Gasteiger partial charge is 0.328 e. The van der Waals surface area contributed by atoms with Gasteiger partial charge in [-0.25, -0.2) is 13.2 Å². The van der Waals surface area contributed by atoms with Gasteiger partial charge in [0.05, 0.1) is 12.9 Å². The van der Waals surface area contributed by atoms with Gasteiger partial charge in [0.15, 0.2) is 0 Å². The summed E-state index contributed by atoms with van der Waals surface area (Å²) >= 11 is 0. The number of ether oxygens (including phenoxy) is 1. The number of hydrogen-bond donors (Lipinski definition) is 2. The van der Waals surface area contributed by atoms with E-state index in [0.717, 1.165) is 11.6 Å². The highest BCUT2D eigenvalue weighted by molar-refractivity contribution is 7.90. The lowest BCUT2D eigenvalue weighted by Crippen LogP contribution is -2.42. The molecule has 25 heavy (non-hydrogen) atoms. The first-order valence-electron chi connectivity index (χ1n) is 7.56. The fraction of sp³-hybridized carbons (Fsp3) is 0.294. The lowest BCUT2D eigenvalue weighted by atomic mass is 10.0. The van der Waals surface area contributed by atoms with Gasteiger partial charge in [-0.05, 0) is 23.9 Å². The van der Waals surface area contributed by atoms with E-state index in [1.165, 1.54) is 7.11 Å². The summed E-state index contributed by atoms with van der Waals surface area (Å²) in [6, 6.07) is 9.26. The summed E-state index contributed by atoms with van der Waals surface area (Å²) < 4.78 is 27.3. The van der Waals surface area contributed by atoms with E-state index in [1.807, 2.05) is 6.07 Å². The van der Waals surface area contributed by atoms with Gasteiger partial charge in [0.2, 0.25) is 0 Å². The molecule has 7 nitrogen and oxygen atoms in total. The first-order chi connectivity index (χ1) is 11.7. The molecule has 0 spiro atoms. The molecule has 0 saturated carbocycles. The van der Waals surface area contributed by atoms with E-state index in [4.69, 9.17) is 5.73 Å². The Morgan fingerprint density at radius 3 is 2.40 bits per heavy atom. The number of esters is 1. The van der Waals surface area contributed by atoms with Crippen molar-refractivity contribution >= 4 is 38.2 Å². The minimum atomic E-state index is -3.28. The van der Waals surface area contributed by atoms with Crippen LogP contribution in [0.1, 0.15) is 16.8 Å². The number of benzene rings is 2. The van der Waals surface area contributed by atoms with Gasteiger partial charge < -0.3 is 15.8 Å². The maximum atomic E-state index is 12.6. The van der Waals surface area contributed by atoms with E-state index >= 15 is 0 Å². The van der Waals surface area contributed by atoms with Gasteiger partial charge in [-0.15, -0.1) is 0 Å². The van der Waals surface area contributed by atoms with Crippen LogP contribution in [0.5, 0.6) is 0 Å². The van der Waals surface area contributed by atoms with Crippen LogP contribution in [0.3, 0.4) is 0 Å². The standard InChI is InChI=1S/C17H20N2O5S/c1-24-17(21)15(9-10-25(2,22)23)19-16(20)13-7-8-14(18)12-6-4-3-5-11(12)13/h3-8,15H,9-10,18H2,1-2H3,(H,19,20)/t15-/m1/s1. The summed E-state index contributed by atoms with van der Waals surface area (Å²) in [7, 11) is -2.10. The van der Waals surface area contributed by atoms with Crippen molar-refractivity contribution in [3.05, 3.63) is 42.0 Å². The van der Waals surface area contributed by atoms with Crippen molar-refractivity contribution in [2.75, 3.05) is 24.9 Å². The van der Waals surface area contributed by atoms with Crippen molar-refractivity contribution in [3.8, 4) is 0 Å². The lowest BCUT2D eigenvalue weighted by Gasteiger charge is -2.17. The molecule has 1 amide bonds. The average molecular weight is 364 g/mol. The summed E-state index contributed by atoms with van der Waals surface area (Å²) in [5, 5.41) is 3.92. The second-order valence-electron chi connectivity index (χ2n) is 5.72. The zero-order valence-electron chi connectivity index (χ0n) is 14.0. The van der Waals surface area contributed by atoms with Gasteiger partial charge in [0, 0.05) is 22.9 Å². The molecule has 0 aliphatic rings. The molecular weight excluding hydrogens is 344 g/mol. The fourth-order valence-electron chi connectivity index (χ4n) is 2.48. The number of amides is 1. The third kappa shape index (κ3) is 4.69. The zero-order chi connectivity index (χ0) is 18.6. The molecule has 3 N–H and O–H groups in total. The second-order valence-corrected chi connectivity index (χ2v) is 7.98. The Hall–Kier alpha value is -2.61. The highest BCUT2D eigenvalue weighted by atomic mass is 32.2. The van der Waals surface area contributed by atoms with Crippen LogP contribution in [0, 0.1) is 0 Å². The summed E-state index contributed by atoms with van der Waals surface area (Å²) in [6.07, 6.45) is 1.00. The molecule has 0 radical (unpaired) electrons. The maximum absolute atomic E-state index is 12.6. The van der Waals surface area contributed by atoms with E-state index in [-0.39, 0.29) is 12.2 Å². The monoisotopic (exact) mass is 364 g/mol. The number of fused-ring (bicyclic) bond motifs is 1. The molecule has 0 fully saturated rings. The Kier molecular flexibility index (Phi) is 5.63. The van der Waals surface area contributed by atoms with E-state index in [0.29, 0.717) is 16.6 Å². The van der Waals surface area contributed by atoms with E-state index in [2.05, 4.69) is 10.1 Å². The van der Waals surface area contributed by atoms with Crippen LogP contribution in [0.25, 0.3) is 10.8 Å². The molecule has 0 saturated heterocycles. The Labute approximate surface area is 146 Å². The highest BCUT2D eigenvalue weighted by Gasteiger charge is 2.24. The van der Waals surface area contributed by atoms with E-state index in [1.54, 1.807) is 30.3 Å². The van der Waals surface area contributed by atoms with Crippen molar-refractivity contribution < 1.29 is 22.7 Å². The number of rotatable bonds is 6. The molecule has 0 heterocycles. The highest BCUT2D eigenvalue weighted by Crippen LogP contribution is 2.24. The molecule has 134 valence electrons. The number of anilines is 1. The number of methoxy groups -OCH3 is 1.